The Hall–Kier alpha value is -0.340. The van der Waals surface area contributed by atoms with Crippen LogP contribution in [0.2, 0.25) is 0 Å². The average Bonchev–Trinajstić information content (AvgIpc) is 2.54. The first-order chi connectivity index (χ1) is 11.5. The summed E-state index contributed by atoms with van der Waals surface area (Å²) >= 11 is 3.52. The number of aliphatic imine (C=N–C) groups is 1. The lowest BCUT2D eigenvalue weighted by Gasteiger charge is -2.35. The highest BCUT2D eigenvalue weighted by Crippen LogP contribution is 2.17. The predicted octanol–water partition coefficient (Wildman–Crippen LogP) is 4.30. The number of likely N-dealkylation sites (tertiary alicyclic amines) is 1. The third-order valence-electron chi connectivity index (χ3n) is 4.66. The number of nitrogens with zero attached hydrogens (tertiary/aromatic N) is 2. The summed E-state index contributed by atoms with van der Waals surface area (Å²) in [6.45, 7) is 12.7. The quantitative estimate of drug-likeness (QED) is 0.344. The summed E-state index contributed by atoms with van der Waals surface area (Å²) in [7, 11) is 0. The Morgan fingerprint density at radius 2 is 2.00 bits per heavy atom. The van der Waals surface area contributed by atoms with Crippen molar-refractivity contribution in [3.05, 3.63) is 33.8 Å². The van der Waals surface area contributed by atoms with Gasteiger partial charge in [0, 0.05) is 36.2 Å². The van der Waals surface area contributed by atoms with E-state index in [1.54, 1.807) is 0 Å². The van der Waals surface area contributed by atoms with Gasteiger partial charge in [-0.3, -0.25) is 0 Å². The molecule has 1 saturated heterocycles. The lowest BCUT2D eigenvalue weighted by molar-refractivity contribution is 0.167. The van der Waals surface area contributed by atoms with Gasteiger partial charge >= 0.3 is 0 Å². The molecular formula is C19H32BrIN4. The number of hydrogen-bond acceptors (Lipinski definition) is 2. The second-order valence-corrected chi connectivity index (χ2v) is 7.73. The monoisotopic (exact) mass is 522 g/mol. The zero-order chi connectivity index (χ0) is 17.5. The standard InChI is InChI=1S/C19H31BrN4.HI/c1-5-21-19(22-13-16-6-7-17(20)12-15(16)4)23-18-8-10-24(11-9-18)14(2)3;/h6-7,12,14,18H,5,8-11,13H2,1-4H3,(H2,21,22,23);1H. The Morgan fingerprint density at radius 3 is 2.56 bits per heavy atom. The van der Waals surface area contributed by atoms with Crippen LogP contribution < -0.4 is 10.6 Å². The maximum Gasteiger partial charge on any atom is 0.191 e. The summed E-state index contributed by atoms with van der Waals surface area (Å²) in [6.07, 6.45) is 2.36. The number of halogens is 2. The van der Waals surface area contributed by atoms with Crippen molar-refractivity contribution < 1.29 is 0 Å². The van der Waals surface area contributed by atoms with Gasteiger partial charge in [-0.15, -0.1) is 24.0 Å². The van der Waals surface area contributed by atoms with Gasteiger partial charge in [0.1, 0.15) is 0 Å². The van der Waals surface area contributed by atoms with Gasteiger partial charge in [-0.2, -0.15) is 0 Å². The molecule has 1 heterocycles. The highest BCUT2D eigenvalue weighted by Gasteiger charge is 2.21. The summed E-state index contributed by atoms with van der Waals surface area (Å²) < 4.78 is 1.12. The van der Waals surface area contributed by atoms with Crippen molar-refractivity contribution in [3.8, 4) is 0 Å². The van der Waals surface area contributed by atoms with Crippen LogP contribution in [-0.4, -0.2) is 42.6 Å². The minimum Gasteiger partial charge on any atom is -0.357 e. The molecule has 0 bridgehead atoms. The number of rotatable bonds is 5. The van der Waals surface area contributed by atoms with E-state index in [0.29, 0.717) is 18.6 Å². The molecule has 1 aromatic carbocycles. The molecule has 0 atom stereocenters. The molecular weight excluding hydrogens is 491 g/mol. The molecule has 4 nitrogen and oxygen atoms in total. The second kappa shape index (κ2) is 11.4. The van der Waals surface area contributed by atoms with E-state index in [0.717, 1.165) is 17.0 Å². The summed E-state index contributed by atoms with van der Waals surface area (Å²) in [4.78, 5) is 7.34. The number of benzene rings is 1. The summed E-state index contributed by atoms with van der Waals surface area (Å²) in [6, 6.07) is 7.54. The van der Waals surface area contributed by atoms with Crippen LogP contribution in [0.3, 0.4) is 0 Å². The fraction of sp³-hybridized carbons (Fsp3) is 0.632. The molecule has 0 saturated carbocycles. The lowest BCUT2D eigenvalue weighted by atomic mass is 10.0. The molecule has 2 rings (SSSR count). The Labute approximate surface area is 178 Å². The summed E-state index contributed by atoms with van der Waals surface area (Å²) in [5.41, 5.74) is 2.54. The minimum atomic E-state index is 0. The molecule has 1 fully saturated rings. The summed E-state index contributed by atoms with van der Waals surface area (Å²) in [5, 5.41) is 7.00. The molecule has 1 aliphatic heterocycles. The zero-order valence-electron chi connectivity index (χ0n) is 15.8. The number of nitrogens with one attached hydrogen (secondary N) is 2. The molecule has 1 aromatic rings. The first kappa shape index (κ1) is 22.7. The van der Waals surface area contributed by atoms with Crippen LogP contribution in [0.4, 0.5) is 0 Å². The van der Waals surface area contributed by atoms with E-state index in [1.165, 1.54) is 37.1 Å². The van der Waals surface area contributed by atoms with Gasteiger partial charge in [-0.05, 0) is 63.8 Å². The fourth-order valence-electron chi connectivity index (χ4n) is 3.07. The van der Waals surface area contributed by atoms with Crippen LogP contribution >= 0.6 is 39.9 Å². The van der Waals surface area contributed by atoms with E-state index in [1.807, 2.05) is 0 Å². The molecule has 0 spiro atoms. The molecule has 2 N–H and O–H groups in total. The number of aryl methyl sites for hydroxylation is 1. The first-order valence-corrected chi connectivity index (χ1v) is 9.82. The maximum atomic E-state index is 4.79. The van der Waals surface area contributed by atoms with Gasteiger partial charge in [-0.25, -0.2) is 4.99 Å². The molecule has 0 amide bonds. The lowest BCUT2D eigenvalue weighted by Crippen LogP contribution is -2.49. The Morgan fingerprint density at radius 1 is 1.32 bits per heavy atom. The maximum absolute atomic E-state index is 4.79. The van der Waals surface area contributed by atoms with Crippen LogP contribution in [0.25, 0.3) is 0 Å². The molecule has 0 aliphatic carbocycles. The topological polar surface area (TPSA) is 39.7 Å². The number of hydrogen-bond donors (Lipinski definition) is 2. The van der Waals surface area contributed by atoms with Crippen molar-refractivity contribution in [2.45, 2.75) is 59.2 Å². The van der Waals surface area contributed by atoms with E-state index in [-0.39, 0.29) is 24.0 Å². The van der Waals surface area contributed by atoms with Crippen molar-refractivity contribution in [2.75, 3.05) is 19.6 Å². The van der Waals surface area contributed by atoms with Crippen LogP contribution in [0.1, 0.15) is 44.7 Å². The van der Waals surface area contributed by atoms with Crippen molar-refractivity contribution in [2.24, 2.45) is 4.99 Å². The van der Waals surface area contributed by atoms with E-state index in [9.17, 15) is 0 Å². The Bertz CT molecular complexity index is 554. The highest BCUT2D eigenvalue weighted by molar-refractivity contribution is 14.0. The number of guanidine groups is 1. The Balaban J connectivity index is 0.00000312. The van der Waals surface area contributed by atoms with Gasteiger partial charge in [0.25, 0.3) is 0 Å². The van der Waals surface area contributed by atoms with Crippen molar-refractivity contribution in [1.82, 2.24) is 15.5 Å². The second-order valence-electron chi connectivity index (χ2n) is 6.81. The van der Waals surface area contributed by atoms with Crippen molar-refractivity contribution in [1.29, 1.82) is 0 Å². The highest BCUT2D eigenvalue weighted by atomic mass is 127. The first-order valence-electron chi connectivity index (χ1n) is 9.03. The number of piperidine rings is 1. The normalized spacial score (nSPS) is 16.6. The minimum absolute atomic E-state index is 0. The zero-order valence-corrected chi connectivity index (χ0v) is 19.7. The molecule has 6 heteroatoms. The SMILES string of the molecule is CCNC(=NCc1ccc(Br)cc1C)NC1CCN(C(C)C)CC1.I. The van der Waals surface area contributed by atoms with Crippen LogP contribution in [0, 0.1) is 6.92 Å². The van der Waals surface area contributed by atoms with E-state index in [2.05, 4.69) is 77.4 Å². The van der Waals surface area contributed by atoms with Gasteiger partial charge in [0.15, 0.2) is 5.96 Å². The molecule has 25 heavy (non-hydrogen) atoms. The van der Waals surface area contributed by atoms with Gasteiger partial charge < -0.3 is 15.5 Å². The van der Waals surface area contributed by atoms with Gasteiger partial charge in [-0.1, -0.05) is 22.0 Å². The molecule has 142 valence electrons. The van der Waals surface area contributed by atoms with Gasteiger partial charge in [0.2, 0.25) is 0 Å². The van der Waals surface area contributed by atoms with Crippen molar-refractivity contribution >= 4 is 45.9 Å². The van der Waals surface area contributed by atoms with E-state index >= 15 is 0 Å². The predicted molar refractivity (Wildman–Crippen MR) is 122 cm³/mol. The smallest absolute Gasteiger partial charge is 0.191 e. The van der Waals surface area contributed by atoms with Crippen LogP contribution in [-0.2, 0) is 6.54 Å². The molecule has 0 aromatic heterocycles. The van der Waals surface area contributed by atoms with Crippen LogP contribution in [0.15, 0.2) is 27.7 Å². The average molecular weight is 523 g/mol. The van der Waals surface area contributed by atoms with Crippen LogP contribution in [0.5, 0.6) is 0 Å². The molecule has 1 aliphatic rings. The fourth-order valence-corrected chi connectivity index (χ4v) is 3.55. The largest absolute Gasteiger partial charge is 0.357 e. The molecule has 0 radical (unpaired) electrons. The van der Waals surface area contributed by atoms with E-state index < -0.39 is 0 Å². The van der Waals surface area contributed by atoms with E-state index in [4.69, 9.17) is 4.99 Å². The molecule has 0 unspecified atom stereocenters. The third-order valence-corrected chi connectivity index (χ3v) is 5.15. The Kier molecular flexibility index (Phi) is 10.3. The summed E-state index contributed by atoms with van der Waals surface area (Å²) in [5.74, 6) is 0.933. The third kappa shape index (κ3) is 7.43. The van der Waals surface area contributed by atoms with Crippen molar-refractivity contribution in [3.63, 3.8) is 0 Å². The van der Waals surface area contributed by atoms with Gasteiger partial charge in [0.05, 0.1) is 6.54 Å².